The van der Waals surface area contributed by atoms with Crippen molar-refractivity contribution in [2.24, 2.45) is 0 Å². The van der Waals surface area contributed by atoms with Crippen LogP contribution in [0.1, 0.15) is 10.4 Å². The Morgan fingerprint density at radius 1 is 1.33 bits per heavy atom. The van der Waals surface area contributed by atoms with Crippen molar-refractivity contribution in [1.29, 1.82) is 0 Å². The molecule has 0 saturated carbocycles. The van der Waals surface area contributed by atoms with Crippen LogP contribution < -0.4 is 5.32 Å². The Morgan fingerprint density at radius 3 is 2.47 bits per heavy atom. The molecule has 0 unspecified atom stereocenters. The van der Waals surface area contributed by atoms with E-state index >= 15 is 0 Å². The van der Waals surface area contributed by atoms with Crippen molar-refractivity contribution in [2.45, 2.75) is 0 Å². The summed E-state index contributed by atoms with van der Waals surface area (Å²) in [6, 6.07) is 6.99. The molecular weight excluding hydrogens is 405 g/mol. The molecule has 0 saturated heterocycles. The van der Waals surface area contributed by atoms with Crippen LogP contribution in [0.4, 0.5) is 0 Å². The van der Waals surface area contributed by atoms with Crippen LogP contribution >= 0.6 is 22.6 Å². The van der Waals surface area contributed by atoms with E-state index in [4.69, 9.17) is 5.11 Å². The van der Waals surface area contributed by atoms with E-state index in [0.29, 0.717) is 5.56 Å². The number of aliphatic carboxylic acids is 1. The number of amides is 1. The van der Waals surface area contributed by atoms with Gasteiger partial charge in [0.2, 0.25) is 0 Å². The Bertz CT molecular complexity index is 370. The fourth-order valence-electron chi connectivity index (χ4n) is 0.896. The number of carboxylic acids is 1. The molecule has 0 aliphatic rings. The molecule has 4 nitrogen and oxygen atoms in total. The van der Waals surface area contributed by atoms with Crippen LogP contribution in [0.5, 0.6) is 0 Å². The van der Waals surface area contributed by atoms with Gasteiger partial charge in [-0.25, -0.2) is 0 Å². The molecule has 0 bridgehead atoms. The second-order valence-electron chi connectivity index (χ2n) is 2.56. The second-order valence-corrected chi connectivity index (χ2v) is 3.72. The first-order chi connectivity index (χ1) is 6.61. The molecule has 0 spiro atoms. The van der Waals surface area contributed by atoms with Gasteiger partial charge in [-0.15, -0.1) is 0 Å². The van der Waals surface area contributed by atoms with Crippen LogP contribution in [0.15, 0.2) is 24.3 Å². The fourth-order valence-corrected chi connectivity index (χ4v) is 1.53. The number of nitrogens with one attached hydrogen (secondary N) is 1. The van der Waals surface area contributed by atoms with E-state index in [1.54, 1.807) is 18.2 Å². The Morgan fingerprint density at radius 2 is 1.93 bits per heavy atom. The molecule has 1 radical (unpaired) electrons. The average molecular weight is 413 g/mol. The maximum Gasteiger partial charge on any atom is 0.322 e. The number of hydrogen-bond donors (Lipinski definition) is 2. The number of carbonyl (C=O) groups excluding carboxylic acids is 1. The van der Waals surface area contributed by atoms with E-state index in [-0.39, 0.29) is 34.8 Å². The third-order valence-corrected chi connectivity index (χ3v) is 2.46. The molecule has 0 aromatic heterocycles. The van der Waals surface area contributed by atoms with E-state index < -0.39 is 5.97 Å². The van der Waals surface area contributed by atoms with Gasteiger partial charge in [0.1, 0.15) is 6.54 Å². The predicted octanol–water partition coefficient (Wildman–Crippen LogP) is 1.10. The molecule has 0 heterocycles. The standard InChI is InChI=1S/C9H8INO3.Ag/c10-7-4-2-1-3-6(7)9(14)11-5-8(12)13;/h1-4H,5H2,(H,11,14)(H,12,13);. The van der Waals surface area contributed by atoms with Crippen molar-refractivity contribution in [3.8, 4) is 0 Å². The molecule has 1 rings (SSSR count). The van der Waals surface area contributed by atoms with Gasteiger partial charge in [0.25, 0.3) is 5.91 Å². The van der Waals surface area contributed by atoms with E-state index in [1.165, 1.54) is 0 Å². The third-order valence-electron chi connectivity index (χ3n) is 1.52. The van der Waals surface area contributed by atoms with Gasteiger partial charge in [-0.05, 0) is 34.7 Å². The summed E-state index contributed by atoms with van der Waals surface area (Å²) in [5, 5.41) is 10.7. The fraction of sp³-hybridized carbons (Fsp3) is 0.111. The molecule has 0 aliphatic carbocycles. The monoisotopic (exact) mass is 412 g/mol. The van der Waals surface area contributed by atoms with Crippen molar-refractivity contribution in [3.05, 3.63) is 33.4 Å². The Kier molecular flexibility index (Phi) is 6.82. The van der Waals surface area contributed by atoms with E-state index in [1.807, 2.05) is 28.7 Å². The first-order valence-electron chi connectivity index (χ1n) is 3.86. The Hall–Kier alpha value is -0.370. The Labute approximate surface area is 116 Å². The molecule has 0 fully saturated rings. The van der Waals surface area contributed by atoms with Crippen molar-refractivity contribution in [2.75, 3.05) is 6.54 Å². The summed E-state index contributed by atoms with van der Waals surface area (Å²) in [4.78, 5) is 21.6. The summed E-state index contributed by atoms with van der Waals surface area (Å²) >= 11 is 2.02. The van der Waals surface area contributed by atoms with Crippen molar-refractivity contribution in [1.82, 2.24) is 5.32 Å². The summed E-state index contributed by atoms with van der Waals surface area (Å²) in [6.07, 6.45) is 0. The molecule has 1 aromatic rings. The second kappa shape index (κ2) is 7.00. The van der Waals surface area contributed by atoms with Crippen molar-refractivity contribution < 1.29 is 37.1 Å². The molecule has 0 aliphatic heterocycles. The van der Waals surface area contributed by atoms with E-state index in [2.05, 4.69) is 5.32 Å². The smallest absolute Gasteiger partial charge is 0.322 e. The Balaban J connectivity index is 0.00000196. The quantitative estimate of drug-likeness (QED) is 0.577. The summed E-state index contributed by atoms with van der Waals surface area (Å²) in [6.45, 7) is -0.357. The zero-order chi connectivity index (χ0) is 10.6. The van der Waals surface area contributed by atoms with Gasteiger partial charge in [-0.1, -0.05) is 12.1 Å². The maximum absolute atomic E-state index is 11.4. The first kappa shape index (κ1) is 14.6. The largest absolute Gasteiger partial charge is 0.480 e. The number of carbonyl (C=O) groups is 2. The van der Waals surface area contributed by atoms with Gasteiger partial charge < -0.3 is 10.4 Å². The minimum absolute atomic E-state index is 0. The van der Waals surface area contributed by atoms with Gasteiger partial charge in [0, 0.05) is 26.0 Å². The molecule has 2 N–H and O–H groups in total. The van der Waals surface area contributed by atoms with Crippen LogP contribution in [0.3, 0.4) is 0 Å². The maximum atomic E-state index is 11.4. The van der Waals surface area contributed by atoms with Crippen LogP contribution in [-0.4, -0.2) is 23.5 Å². The number of carboxylic acid groups (broad SMARTS) is 1. The zero-order valence-electron chi connectivity index (χ0n) is 7.46. The number of hydrogen-bond acceptors (Lipinski definition) is 2. The number of benzene rings is 1. The van der Waals surface area contributed by atoms with Gasteiger partial charge in [0.15, 0.2) is 0 Å². The van der Waals surface area contributed by atoms with Gasteiger partial charge in [-0.2, -0.15) is 0 Å². The SMILES string of the molecule is O=C(O)CNC(=O)c1ccccc1I.[Ag]. The summed E-state index contributed by atoms with van der Waals surface area (Å²) in [5.41, 5.74) is 0.495. The summed E-state index contributed by atoms with van der Waals surface area (Å²) < 4.78 is 0.799. The van der Waals surface area contributed by atoms with Gasteiger partial charge in [0.05, 0.1) is 5.56 Å². The van der Waals surface area contributed by atoms with Crippen molar-refractivity contribution in [3.63, 3.8) is 0 Å². The molecule has 6 heteroatoms. The number of halogens is 1. The molecule has 85 valence electrons. The minimum atomic E-state index is -1.05. The van der Waals surface area contributed by atoms with Crippen molar-refractivity contribution >= 4 is 34.5 Å². The van der Waals surface area contributed by atoms with Crippen LogP contribution in [-0.2, 0) is 27.2 Å². The number of rotatable bonds is 3. The van der Waals surface area contributed by atoms with E-state index in [9.17, 15) is 9.59 Å². The molecule has 1 amide bonds. The molecular formula is C9H8AgINO3. The van der Waals surface area contributed by atoms with Gasteiger partial charge >= 0.3 is 5.97 Å². The topological polar surface area (TPSA) is 66.4 Å². The predicted molar refractivity (Wildman–Crippen MR) is 59.1 cm³/mol. The van der Waals surface area contributed by atoms with Crippen LogP contribution in [0, 0.1) is 3.57 Å². The van der Waals surface area contributed by atoms with Crippen LogP contribution in [0.2, 0.25) is 0 Å². The minimum Gasteiger partial charge on any atom is -0.480 e. The summed E-state index contributed by atoms with van der Waals surface area (Å²) in [5.74, 6) is -1.42. The first-order valence-corrected chi connectivity index (χ1v) is 4.93. The normalized spacial score (nSPS) is 8.87. The molecule has 1 aromatic carbocycles. The average Bonchev–Trinajstić information content (AvgIpc) is 2.15. The van der Waals surface area contributed by atoms with Gasteiger partial charge in [-0.3, -0.25) is 9.59 Å². The third kappa shape index (κ3) is 4.78. The van der Waals surface area contributed by atoms with E-state index in [0.717, 1.165) is 3.57 Å². The molecule has 0 atom stereocenters. The summed E-state index contributed by atoms with van der Waals surface area (Å²) in [7, 11) is 0. The zero-order valence-corrected chi connectivity index (χ0v) is 11.1. The van der Waals surface area contributed by atoms with Crippen LogP contribution in [0.25, 0.3) is 0 Å². The molecule has 15 heavy (non-hydrogen) atoms.